The first-order chi connectivity index (χ1) is 8.06. The number of nitrogens with zero attached hydrogens (tertiary/aromatic N) is 3. The van der Waals surface area contributed by atoms with E-state index >= 15 is 0 Å². The molecule has 1 aromatic heterocycles. The highest BCUT2D eigenvalue weighted by Crippen LogP contribution is 2.23. The molecule has 0 aliphatic rings. The lowest BCUT2D eigenvalue weighted by Crippen LogP contribution is -2.12. The lowest BCUT2D eigenvalue weighted by atomic mass is 10.3. The molecule has 2 rings (SSSR count). The van der Waals surface area contributed by atoms with E-state index in [4.69, 9.17) is 11.6 Å². The summed E-state index contributed by atoms with van der Waals surface area (Å²) < 4.78 is 13.1. The first-order valence-electron chi connectivity index (χ1n) is 5.07. The summed E-state index contributed by atoms with van der Waals surface area (Å²) in [5.74, 6) is 0.926. The summed E-state index contributed by atoms with van der Waals surface area (Å²) in [7, 11) is 1.80. The summed E-state index contributed by atoms with van der Waals surface area (Å²) in [5.41, 5.74) is 0.708. The third-order valence-electron chi connectivity index (χ3n) is 2.33. The Kier molecular flexibility index (Phi) is 3.24. The minimum Gasteiger partial charge on any atom is -0.329 e. The second kappa shape index (κ2) is 4.67. The highest BCUT2D eigenvalue weighted by molar-refractivity contribution is 6.29. The summed E-state index contributed by atoms with van der Waals surface area (Å²) in [6.45, 7) is 1.76. The van der Waals surface area contributed by atoms with Crippen molar-refractivity contribution < 1.29 is 4.39 Å². The molecule has 0 saturated carbocycles. The van der Waals surface area contributed by atoms with Gasteiger partial charge in [-0.15, -0.1) is 0 Å². The van der Waals surface area contributed by atoms with Gasteiger partial charge >= 0.3 is 0 Å². The van der Waals surface area contributed by atoms with Crippen LogP contribution in [0.25, 0.3) is 0 Å². The second-order valence-corrected chi connectivity index (χ2v) is 4.02. The Morgan fingerprint density at radius 1 is 1.24 bits per heavy atom. The van der Waals surface area contributed by atoms with Crippen molar-refractivity contribution in [3.05, 3.63) is 47.1 Å². The summed E-state index contributed by atoms with van der Waals surface area (Å²) in [5, 5.41) is 0.371. The molecule has 0 aliphatic heterocycles. The van der Waals surface area contributed by atoms with E-state index in [0.717, 1.165) is 0 Å². The molecule has 0 spiro atoms. The van der Waals surface area contributed by atoms with Gasteiger partial charge in [-0.2, -0.15) is 0 Å². The Balaban J connectivity index is 2.39. The molecule has 0 N–H and O–H groups in total. The maximum Gasteiger partial charge on any atom is 0.137 e. The van der Waals surface area contributed by atoms with Gasteiger partial charge in [0.2, 0.25) is 0 Å². The van der Waals surface area contributed by atoms with E-state index in [9.17, 15) is 4.39 Å². The number of hydrogen-bond acceptors (Lipinski definition) is 3. The maximum atomic E-state index is 13.1. The number of anilines is 2. The fraction of sp³-hybridized carbons (Fsp3) is 0.167. The normalized spacial score (nSPS) is 10.4. The van der Waals surface area contributed by atoms with Crippen LogP contribution >= 0.6 is 11.6 Å². The molecule has 17 heavy (non-hydrogen) atoms. The van der Waals surface area contributed by atoms with Crippen molar-refractivity contribution in [2.45, 2.75) is 6.92 Å². The molecule has 1 heterocycles. The molecule has 0 amide bonds. The van der Waals surface area contributed by atoms with Gasteiger partial charge in [-0.1, -0.05) is 17.7 Å². The van der Waals surface area contributed by atoms with Gasteiger partial charge < -0.3 is 4.90 Å². The molecule has 0 radical (unpaired) electrons. The van der Waals surface area contributed by atoms with E-state index in [2.05, 4.69) is 9.97 Å². The van der Waals surface area contributed by atoms with Gasteiger partial charge in [0, 0.05) is 18.8 Å². The van der Waals surface area contributed by atoms with Crippen molar-refractivity contribution in [1.82, 2.24) is 9.97 Å². The summed E-state index contributed by atoms with van der Waals surface area (Å²) in [4.78, 5) is 9.98. The minimum absolute atomic E-state index is 0.286. The lowest BCUT2D eigenvalue weighted by molar-refractivity contribution is 0.628. The zero-order valence-corrected chi connectivity index (χ0v) is 10.2. The third kappa shape index (κ3) is 2.71. The van der Waals surface area contributed by atoms with E-state index in [0.29, 0.717) is 22.5 Å². The molecule has 2 aromatic rings. The van der Waals surface area contributed by atoms with Crippen LogP contribution in [0.4, 0.5) is 15.9 Å². The molecular formula is C12H11ClFN3. The Bertz CT molecular complexity index is 525. The Morgan fingerprint density at radius 2 is 2.00 bits per heavy atom. The summed E-state index contributed by atoms with van der Waals surface area (Å²) in [6.07, 6.45) is 0. The van der Waals surface area contributed by atoms with Crippen LogP contribution in [-0.2, 0) is 0 Å². The van der Waals surface area contributed by atoms with Crippen molar-refractivity contribution in [3.63, 3.8) is 0 Å². The molecule has 0 saturated heterocycles. The number of halogens is 2. The largest absolute Gasteiger partial charge is 0.329 e. The topological polar surface area (TPSA) is 29.0 Å². The van der Waals surface area contributed by atoms with E-state index in [1.54, 1.807) is 37.1 Å². The monoisotopic (exact) mass is 251 g/mol. The number of hydrogen-bond donors (Lipinski definition) is 0. The fourth-order valence-electron chi connectivity index (χ4n) is 1.51. The average molecular weight is 252 g/mol. The highest BCUT2D eigenvalue weighted by Gasteiger charge is 2.08. The molecule has 0 aliphatic carbocycles. The van der Waals surface area contributed by atoms with Gasteiger partial charge in [-0.25, -0.2) is 14.4 Å². The van der Waals surface area contributed by atoms with Crippen LogP contribution in [-0.4, -0.2) is 17.0 Å². The lowest BCUT2D eigenvalue weighted by Gasteiger charge is -2.18. The second-order valence-electron chi connectivity index (χ2n) is 3.63. The van der Waals surface area contributed by atoms with Crippen molar-refractivity contribution in [2.75, 3.05) is 11.9 Å². The molecule has 0 atom stereocenters. The summed E-state index contributed by atoms with van der Waals surface area (Å²) >= 11 is 5.86. The van der Waals surface area contributed by atoms with Crippen molar-refractivity contribution in [2.24, 2.45) is 0 Å². The van der Waals surface area contributed by atoms with E-state index in [1.807, 2.05) is 0 Å². The van der Waals surface area contributed by atoms with Crippen LogP contribution in [0.15, 0.2) is 30.3 Å². The predicted octanol–water partition coefficient (Wildman–Crippen LogP) is 3.35. The molecule has 5 heteroatoms. The molecule has 0 unspecified atom stereocenters. The van der Waals surface area contributed by atoms with Crippen molar-refractivity contribution in [3.8, 4) is 0 Å². The van der Waals surface area contributed by atoms with Gasteiger partial charge in [0.15, 0.2) is 0 Å². The third-order valence-corrected chi connectivity index (χ3v) is 2.53. The van der Waals surface area contributed by atoms with E-state index in [-0.39, 0.29) is 5.82 Å². The van der Waals surface area contributed by atoms with Crippen LogP contribution < -0.4 is 4.90 Å². The van der Waals surface area contributed by atoms with Crippen LogP contribution in [0.2, 0.25) is 5.15 Å². The van der Waals surface area contributed by atoms with Crippen LogP contribution in [0.1, 0.15) is 5.82 Å². The van der Waals surface area contributed by atoms with Gasteiger partial charge in [-0.05, 0) is 25.1 Å². The number of benzene rings is 1. The molecule has 1 aromatic carbocycles. The van der Waals surface area contributed by atoms with Gasteiger partial charge in [-0.3, -0.25) is 0 Å². The fourth-order valence-corrected chi connectivity index (χ4v) is 1.73. The SMILES string of the molecule is Cc1nc(Cl)cc(N(C)c2cccc(F)c2)n1. The average Bonchev–Trinajstić information content (AvgIpc) is 2.26. The first-order valence-corrected chi connectivity index (χ1v) is 5.44. The first kappa shape index (κ1) is 11.8. The molecular weight excluding hydrogens is 241 g/mol. The Labute approximate surface area is 104 Å². The van der Waals surface area contributed by atoms with Crippen LogP contribution in [0, 0.1) is 12.7 Å². The van der Waals surface area contributed by atoms with Crippen molar-refractivity contribution >= 4 is 23.1 Å². The number of rotatable bonds is 2. The van der Waals surface area contributed by atoms with Gasteiger partial charge in [0.1, 0.15) is 22.6 Å². The predicted molar refractivity (Wildman–Crippen MR) is 66.2 cm³/mol. The number of aromatic nitrogens is 2. The zero-order valence-electron chi connectivity index (χ0n) is 9.48. The van der Waals surface area contributed by atoms with E-state index in [1.165, 1.54) is 12.1 Å². The molecule has 88 valence electrons. The number of aryl methyl sites for hydroxylation is 1. The minimum atomic E-state index is -0.286. The molecule has 0 fully saturated rings. The highest BCUT2D eigenvalue weighted by atomic mass is 35.5. The van der Waals surface area contributed by atoms with Gasteiger partial charge in [0.05, 0.1) is 0 Å². The van der Waals surface area contributed by atoms with Crippen LogP contribution in [0.3, 0.4) is 0 Å². The Hall–Kier alpha value is -1.68. The van der Waals surface area contributed by atoms with Gasteiger partial charge in [0.25, 0.3) is 0 Å². The molecule has 0 bridgehead atoms. The smallest absolute Gasteiger partial charge is 0.137 e. The maximum absolute atomic E-state index is 13.1. The van der Waals surface area contributed by atoms with Crippen LogP contribution in [0.5, 0.6) is 0 Å². The Morgan fingerprint density at radius 3 is 2.65 bits per heavy atom. The molecule has 3 nitrogen and oxygen atoms in total. The quantitative estimate of drug-likeness (QED) is 0.767. The standard InChI is InChI=1S/C12H11ClFN3/c1-8-15-11(13)7-12(16-8)17(2)10-5-3-4-9(14)6-10/h3-7H,1-2H3. The zero-order chi connectivity index (χ0) is 12.4. The van der Waals surface area contributed by atoms with Crippen molar-refractivity contribution in [1.29, 1.82) is 0 Å². The van der Waals surface area contributed by atoms with E-state index < -0.39 is 0 Å². The summed E-state index contributed by atoms with van der Waals surface area (Å²) in [6, 6.07) is 7.92.